The Morgan fingerprint density at radius 2 is 2.16 bits per heavy atom. The van der Waals surface area contributed by atoms with Crippen molar-refractivity contribution in [2.75, 3.05) is 11.6 Å². The van der Waals surface area contributed by atoms with Crippen molar-refractivity contribution in [2.45, 2.75) is 12.5 Å². The van der Waals surface area contributed by atoms with Crippen LogP contribution < -0.4 is 11.2 Å². The molecule has 19 heavy (non-hydrogen) atoms. The third-order valence-corrected chi connectivity index (χ3v) is 3.66. The summed E-state index contributed by atoms with van der Waals surface area (Å²) in [4.78, 5) is 50.6. The largest absolute Gasteiger partial charge is 0.480 e. The molecule has 1 aliphatic heterocycles. The van der Waals surface area contributed by atoms with Crippen molar-refractivity contribution in [1.82, 2.24) is 14.9 Å². The van der Waals surface area contributed by atoms with E-state index in [1.807, 2.05) is 4.98 Å². The van der Waals surface area contributed by atoms with E-state index in [-0.39, 0.29) is 12.1 Å². The van der Waals surface area contributed by atoms with Gasteiger partial charge in [0.15, 0.2) is 0 Å². The summed E-state index contributed by atoms with van der Waals surface area (Å²) in [5, 5.41) is 8.97. The van der Waals surface area contributed by atoms with Gasteiger partial charge in [-0.25, -0.2) is 9.59 Å². The number of aromatic amines is 2. The number of carbonyl (C=O) groups excluding carboxylic acids is 1. The molecule has 0 bridgehead atoms. The number of carboxylic acids is 1. The van der Waals surface area contributed by atoms with Gasteiger partial charge >= 0.3 is 11.7 Å². The molecular weight excluding hydrogens is 274 g/mol. The van der Waals surface area contributed by atoms with Crippen molar-refractivity contribution in [1.29, 1.82) is 0 Å². The highest BCUT2D eigenvalue weighted by Gasteiger charge is 2.34. The average molecular weight is 285 g/mol. The maximum atomic E-state index is 12.0. The average Bonchev–Trinajstić information content (AvgIpc) is 2.75. The molecule has 8 nitrogen and oxygen atoms in total. The number of carbonyl (C=O) groups is 2. The van der Waals surface area contributed by atoms with Gasteiger partial charge in [0.25, 0.3) is 5.56 Å². The maximum absolute atomic E-state index is 12.0. The summed E-state index contributed by atoms with van der Waals surface area (Å²) in [5.74, 6) is -0.854. The minimum Gasteiger partial charge on any atom is -0.480 e. The Morgan fingerprint density at radius 3 is 2.79 bits per heavy atom. The third-order valence-electron chi connectivity index (χ3n) is 2.65. The Hall–Kier alpha value is -2.03. The second kappa shape index (κ2) is 5.31. The second-order valence-corrected chi connectivity index (χ2v) is 5.01. The molecule has 1 saturated heterocycles. The van der Waals surface area contributed by atoms with Crippen molar-refractivity contribution in [3.05, 3.63) is 32.6 Å². The lowest BCUT2D eigenvalue weighted by molar-refractivity contribution is -0.147. The fourth-order valence-electron chi connectivity index (χ4n) is 1.77. The summed E-state index contributed by atoms with van der Waals surface area (Å²) in [5.41, 5.74) is -1.13. The number of H-pyrrole nitrogens is 2. The molecule has 0 unspecified atom stereocenters. The Labute approximate surface area is 110 Å². The molecule has 1 amide bonds. The van der Waals surface area contributed by atoms with Gasteiger partial charge in [-0.05, 0) is 0 Å². The molecule has 3 N–H and O–H groups in total. The van der Waals surface area contributed by atoms with E-state index in [2.05, 4.69) is 4.98 Å². The van der Waals surface area contributed by atoms with E-state index in [1.165, 1.54) is 16.7 Å². The lowest BCUT2D eigenvalue weighted by Crippen LogP contribution is -2.42. The maximum Gasteiger partial charge on any atom is 0.327 e. The van der Waals surface area contributed by atoms with Crippen LogP contribution in [-0.2, 0) is 16.0 Å². The highest BCUT2D eigenvalue weighted by atomic mass is 32.2. The summed E-state index contributed by atoms with van der Waals surface area (Å²) in [6, 6.07) is 0.254. The van der Waals surface area contributed by atoms with Crippen molar-refractivity contribution in [3.8, 4) is 0 Å². The fourth-order valence-corrected chi connectivity index (χ4v) is 2.94. The molecule has 1 fully saturated rings. The molecule has 0 saturated carbocycles. The number of hydrogen-bond donors (Lipinski definition) is 3. The molecule has 1 aromatic rings. The molecule has 102 valence electrons. The van der Waals surface area contributed by atoms with E-state index in [1.54, 1.807) is 0 Å². The van der Waals surface area contributed by atoms with Crippen molar-refractivity contribution in [3.63, 3.8) is 0 Å². The van der Waals surface area contributed by atoms with E-state index < -0.39 is 29.2 Å². The minimum absolute atomic E-state index is 0.166. The summed E-state index contributed by atoms with van der Waals surface area (Å²) < 4.78 is 0. The van der Waals surface area contributed by atoms with Crippen molar-refractivity contribution in [2.24, 2.45) is 0 Å². The number of hydrogen-bond acceptors (Lipinski definition) is 5. The van der Waals surface area contributed by atoms with Gasteiger partial charge in [0.1, 0.15) is 6.04 Å². The molecular formula is C10H11N3O5S. The highest BCUT2D eigenvalue weighted by molar-refractivity contribution is 7.99. The Kier molecular flexibility index (Phi) is 3.74. The zero-order valence-corrected chi connectivity index (χ0v) is 10.5. The number of nitrogens with zero attached hydrogens (tertiary/aromatic N) is 1. The zero-order chi connectivity index (χ0) is 14.0. The van der Waals surface area contributed by atoms with Gasteiger partial charge in [-0.1, -0.05) is 0 Å². The number of aliphatic carboxylic acids is 1. The zero-order valence-electron chi connectivity index (χ0n) is 9.71. The van der Waals surface area contributed by atoms with Gasteiger partial charge in [-0.2, -0.15) is 0 Å². The van der Waals surface area contributed by atoms with Crippen LogP contribution in [0.25, 0.3) is 0 Å². The smallest absolute Gasteiger partial charge is 0.327 e. The van der Waals surface area contributed by atoms with E-state index in [4.69, 9.17) is 5.11 Å². The molecule has 0 radical (unpaired) electrons. The van der Waals surface area contributed by atoms with Crippen molar-refractivity contribution >= 4 is 23.6 Å². The predicted octanol–water partition coefficient (Wildman–Crippen LogP) is -1.41. The standard InChI is InChI=1S/C10H11N3O5S/c14-7-1-5(11-10(18)12-7)2-8(15)13-4-19-3-6(13)9(16)17/h1,6H,2-4H2,(H,16,17)(H2,11,12,14,18)/t6-/m0/s1. The van der Waals surface area contributed by atoms with Gasteiger partial charge in [-0.15, -0.1) is 11.8 Å². The van der Waals surface area contributed by atoms with Crippen LogP contribution >= 0.6 is 11.8 Å². The van der Waals surface area contributed by atoms with Crippen LogP contribution in [0.3, 0.4) is 0 Å². The van der Waals surface area contributed by atoms with Gasteiger partial charge in [-0.3, -0.25) is 14.6 Å². The summed E-state index contributed by atoms with van der Waals surface area (Å²) >= 11 is 1.35. The number of thioether (sulfide) groups is 1. The summed E-state index contributed by atoms with van der Waals surface area (Å²) in [6.45, 7) is 0. The first kappa shape index (κ1) is 13.4. The number of amides is 1. The lowest BCUT2D eigenvalue weighted by Gasteiger charge is -2.20. The van der Waals surface area contributed by atoms with Crippen LogP contribution in [0.15, 0.2) is 15.7 Å². The Balaban J connectivity index is 2.14. The van der Waals surface area contributed by atoms with Gasteiger partial charge in [0, 0.05) is 17.5 Å². The topological polar surface area (TPSA) is 123 Å². The molecule has 1 aliphatic rings. The van der Waals surface area contributed by atoms with Gasteiger partial charge in [0.05, 0.1) is 12.3 Å². The fraction of sp³-hybridized carbons (Fsp3) is 0.400. The number of carboxylic acid groups (broad SMARTS) is 1. The molecule has 0 spiro atoms. The van der Waals surface area contributed by atoms with E-state index in [0.717, 1.165) is 6.07 Å². The van der Waals surface area contributed by atoms with E-state index in [0.29, 0.717) is 11.6 Å². The summed E-state index contributed by atoms with van der Waals surface area (Å²) in [6.07, 6.45) is -0.205. The Bertz CT molecular complexity index is 594. The highest BCUT2D eigenvalue weighted by Crippen LogP contribution is 2.21. The van der Waals surface area contributed by atoms with Crippen LogP contribution in [0.4, 0.5) is 0 Å². The molecule has 2 rings (SSSR count). The number of aromatic nitrogens is 2. The quantitative estimate of drug-likeness (QED) is 0.627. The molecule has 2 heterocycles. The number of rotatable bonds is 3. The summed E-state index contributed by atoms with van der Waals surface area (Å²) in [7, 11) is 0. The van der Waals surface area contributed by atoms with E-state index >= 15 is 0 Å². The van der Waals surface area contributed by atoms with Crippen LogP contribution in [0.5, 0.6) is 0 Å². The molecule has 1 atom stereocenters. The second-order valence-electron chi connectivity index (χ2n) is 4.01. The Morgan fingerprint density at radius 1 is 1.42 bits per heavy atom. The van der Waals surface area contributed by atoms with Crippen molar-refractivity contribution < 1.29 is 14.7 Å². The first-order valence-corrected chi connectivity index (χ1v) is 6.55. The molecule has 0 aliphatic carbocycles. The first-order valence-electron chi connectivity index (χ1n) is 5.40. The van der Waals surface area contributed by atoms with Gasteiger partial charge < -0.3 is 15.0 Å². The molecule has 0 aromatic carbocycles. The molecule has 9 heteroatoms. The van der Waals surface area contributed by atoms with Gasteiger partial charge in [0.2, 0.25) is 5.91 Å². The third kappa shape index (κ3) is 3.05. The normalized spacial score (nSPS) is 18.5. The van der Waals surface area contributed by atoms with Crippen LogP contribution in [-0.4, -0.2) is 49.5 Å². The SMILES string of the molecule is O=C(O)[C@@H]1CSCN1C(=O)Cc1cc(=O)[nH]c(=O)[nH]1. The number of nitrogens with one attached hydrogen (secondary N) is 2. The van der Waals surface area contributed by atoms with Crippen LogP contribution in [0.1, 0.15) is 5.69 Å². The van der Waals surface area contributed by atoms with E-state index in [9.17, 15) is 19.2 Å². The molecule has 1 aromatic heterocycles. The van der Waals surface area contributed by atoms with Crippen LogP contribution in [0, 0.1) is 0 Å². The monoisotopic (exact) mass is 285 g/mol. The van der Waals surface area contributed by atoms with Crippen LogP contribution in [0.2, 0.25) is 0 Å². The predicted molar refractivity (Wildman–Crippen MR) is 67.0 cm³/mol. The lowest BCUT2D eigenvalue weighted by atomic mass is 10.2. The minimum atomic E-state index is -1.06. The first-order chi connectivity index (χ1) is 8.97.